The van der Waals surface area contributed by atoms with E-state index in [0.29, 0.717) is 12.0 Å². The van der Waals surface area contributed by atoms with Crippen molar-refractivity contribution in [1.82, 2.24) is 5.32 Å². The molecule has 0 aliphatic carbocycles. The van der Waals surface area contributed by atoms with Crippen LogP contribution >= 0.6 is 0 Å². The third kappa shape index (κ3) is 4.48. The van der Waals surface area contributed by atoms with E-state index in [2.05, 4.69) is 26.1 Å². The Bertz CT molecular complexity index is 425. The van der Waals surface area contributed by atoms with Crippen LogP contribution in [0.4, 0.5) is 8.78 Å². The van der Waals surface area contributed by atoms with Crippen LogP contribution < -0.4 is 5.32 Å². The van der Waals surface area contributed by atoms with Crippen LogP contribution in [0.5, 0.6) is 0 Å². The van der Waals surface area contributed by atoms with Gasteiger partial charge in [0.1, 0.15) is 11.6 Å². The Kier molecular flexibility index (Phi) is 7.26. The van der Waals surface area contributed by atoms with Gasteiger partial charge in [-0.1, -0.05) is 20.8 Å². The highest BCUT2D eigenvalue weighted by Gasteiger charge is 2.35. The molecule has 1 aromatic rings. The van der Waals surface area contributed by atoms with Gasteiger partial charge in [0.2, 0.25) is 0 Å². The lowest BCUT2D eigenvalue weighted by atomic mass is 9.84. The highest BCUT2D eigenvalue weighted by atomic mass is 19.1. The normalized spacial score (nSPS) is 13.4. The van der Waals surface area contributed by atoms with E-state index >= 15 is 0 Å². The predicted octanol–water partition coefficient (Wildman–Crippen LogP) is 4.08. The first-order chi connectivity index (χ1) is 10.0. The van der Waals surface area contributed by atoms with Crippen molar-refractivity contribution in [3.8, 4) is 0 Å². The molecule has 0 heterocycles. The number of methoxy groups -OCH3 is 1. The standard InChI is InChI=1S/C17H27F2NO/c1-5-10-20-16(17(6-2,7-3)21-4)12-13-11-14(18)8-9-15(13)19/h8-9,11,16,20H,5-7,10,12H2,1-4H3. The van der Waals surface area contributed by atoms with Crippen LogP contribution in [0.3, 0.4) is 0 Å². The van der Waals surface area contributed by atoms with Crippen LogP contribution in [0.2, 0.25) is 0 Å². The summed E-state index contributed by atoms with van der Waals surface area (Å²) in [6, 6.07) is 3.57. The fraction of sp³-hybridized carbons (Fsp3) is 0.647. The van der Waals surface area contributed by atoms with Crippen LogP contribution in [0.25, 0.3) is 0 Å². The molecule has 1 atom stereocenters. The second kappa shape index (κ2) is 8.44. The van der Waals surface area contributed by atoms with Gasteiger partial charge in [-0.15, -0.1) is 0 Å². The lowest BCUT2D eigenvalue weighted by Gasteiger charge is -2.39. The smallest absolute Gasteiger partial charge is 0.126 e. The summed E-state index contributed by atoms with van der Waals surface area (Å²) in [7, 11) is 1.69. The average Bonchev–Trinajstić information content (AvgIpc) is 2.50. The summed E-state index contributed by atoms with van der Waals surface area (Å²) in [5, 5.41) is 3.44. The van der Waals surface area contributed by atoms with E-state index in [1.54, 1.807) is 7.11 Å². The Morgan fingerprint density at radius 2 is 1.86 bits per heavy atom. The molecule has 1 N–H and O–H groups in total. The number of ether oxygens (including phenoxy) is 1. The first-order valence-electron chi connectivity index (χ1n) is 7.75. The van der Waals surface area contributed by atoms with Crippen molar-refractivity contribution in [2.24, 2.45) is 0 Å². The first kappa shape index (κ1) is 18.1. The van der Waals surface area contributed by atoms with Gasteiger partial charge in [-0.05, 0) is 56.0 Å². The predicted molar refractivity (Wildman–Crippen MR) is 82.5 cm³/mol. The summed E-state index contributed by atoms with van der Waals surface area (Å²) >= 11 is 0. The highest BCUT2D eigenvalue weighted by molar-refractivity contribution is 5.21. The second-order valence-corrected chi connectivity index (χ2v) is 5.42. The fourth-order valence-electron chi connectivity index (χ4n) is 2.86. The molecule has 2 nitrogen and oxygen atoms in total. The minimum absolute atomic E-state index is 0.0475. The van der Waals surface area contributed by atoms with E-state index in [-0.39, 0.29) is 17.5 Å². The molecule has 4 heteroatoms. The van der Waals surface area contributed by atoms with Gasteiger partial charge < -0.3 is 10.1 Å². The minimum atomic E-state index is -0.406. The Balaban J connectivity index is 3.04. The summed E-state index contributed by atoms with van der Waals surface area (Å²) in [5.74, 6) is -0.770. The summed E-state index contributed by atoms with van der Waals surface area (Å²) < 4.78 is 33.0. The Morgan fingerprint density at radius 3 is 2.38 bits per heavy atom. The monoisotopic (exact) mass is 299 g/mol. The van der Waals surface area contributed by atoms with Gasteiger partial charge in [-0.3, -0.25) is 0 Å². The number of hydrogen-bond acceptors (Lipinski definition) is 2. The van der Waals surface area contributed by atoms with E-state index in [9.17, 15) is 8.78 Å². The SMILES string of the molecule is CCCNC(Cc1cc(F)ccc1F)C(CC)(CC)OC. The summed E-state index contributed by atoms with van der Waals surface area (Å²) in [5.41, 5.74) is 0.0282. The number of hydrogen-bond donors (Lipinski definition) is 1. The molecule has 0 aromatic heterocycles. The Morgan fingerprint density at radius 1 is 1.19 bits per heavy atom. The molecule has 0 saturated carbocycles. The number of halogens is 2. The second-order valence-electron chi connectivity index (χ2n) is 5.42. The summed E-state index contributed by atoms with van der Waals surface area (Å²) in [4.78, 5) is 0. The van der Waals surface area contributed by atoms with Crippen LogP contribution in [0, 0.1) is 11.6 Å². The van der Waals surface area contributed by atoms with Crippen LogP contribution in [0.1, 0.15) is 45.6 Å². The maximum Gasteiger partial charge on any atom is 0.126 e. The van der Waals surface area contributed by atoms with E-state index in [4.69, 9.17) is 4.74 Å². The van der Waals surface area contributed by atoms with Crippen molar-refractivity contribution in [2.45, 2.75) is 58.1 Å². The topological polar surface area (TPSA) is 21.3 Å². The lowest BCUT2D eigenvalue weighted by molar-refractivity contribution is -0.0473. The molecule has 1 rings (SSSR count). The first-order valence-corrected chi connectivity index (χ1v) is 7.75. The third-order valence-corrected chi connectivity index (χ3v) is 4.31. The third-order valence-electron chi connectivity index (χ3n) is 4.31. The molecule has 0 spiro atoms. The van der Waals surface area contributed by atoms with Crippen molar-refractivity contribution in [3.05, 3.63) is 35.4 Å². The molecule has 120 valence electrons. The molecule has 0 amide bonds. The van der Waals surface area contributed by atoms with Crippen LogP contribution in [-0.4, -0.2) is 25.3 Å². The zero-order valence-electron chi connectivity index (χ0n) is 13.5. The van der Waals surface area contributed by atoms with Gasteiger partial charge in [-0.25, -0.2) is 8.78 Å². The molecule has 0 saturated heterocycles. The van der Waals surface area contributed by atoms with E-state index in [1.807, 2.05) is 0 Å². The van der Waals surface area contributed by atoms with Crippen molar-refractivity contribution < 1.29 is 13.5 Å². The summed E-state index contributed by atoms with van der Waals surface area (Å²) in [6.45, 7) is 7.04. The molecule has 0 radical (unpaired) electrons. The van der Waals surface area contributed by atoms with Crippen molar-refractivity contribution in [2.75, 3.05) is 13.7 Å². The maximum atomic E-state index is 13.9. The zero-order valence-corrected chi connectivity index (χ0v) is 13.5. The van der Waals surface area contributed by atoms with Gasteiger partial charge in [0.05, 0.1) is 5.60 Å². The van der Waals surface area contributed by atoms with Crippen molar-refractivity contribution in [3.63, 3.8) is 0 Å². The molecule has 0 bridgehead atoms. The number of benzene rings is 1. The van der Waals surface area contributed by atoms with Gasteiger partial charge >= 0.3 is 0 Å². The van der Waals surface area contributed by atoms with E-state index in [1.165, 1.54) is 12.1 Å². The van der Waals surface area contributed by atoms with Crippen LogP contribution in [0.15, 0.2) is 18.2 Å². The number of nitrogens with one attached hydrogen (secondary N) is 1. The molecule has 0 fully saturated rings. The molecule has 1 aromatic carbocycles. The van der Waals surface area contributed by atoms with Crippen molar-refractivity contribution >= 4 is 0 Å². The largest absolute Gasteiger partial charge is 0.377 e. The van der Waals surface area contributed by atoms with Gasteiger partial charge in [0, 0.05) is 13.2 Å². The highest BCUT2D eigenvalue weighted by Crippen LogP contribution is 2.27. The molecule has 21 heavy (non-hydrogen) atoms. The maximum absolute atomic E-state index is 13.9. The molecule has 0 aliphatic rings. The van der Waals surface area contributed by atoms with Crippen LogP contribution in [-0.2, 0) is 11.2 Å². The quantitative estimate of drug-likeness (QED) is 0.742. The van der Waals surface area contributed by atoms with Crippen molar-refractivity contribution in [1.29, 1.82) is 0 Å². The number of rotatable bonds is 9. The lowest BCUT2D eigenvalue weighted by Crippen LogP contribution is -2.53. The minimum Gasteiger partial charge on any atom is -0.377 e. The summed E-state index contributed by atoms with van der Waals surface area (Å²) in [6.07, 6.45) is 3.03. The van der Waals surface area contributed by atoms with E-state index in [0.717, 1.165) is 31.9 Å². The average molecular weight is 299 g/mol. The van der Waals surface area contributed by atoms with Gasteiger partial charge in [-0.2, -0.15) is 0 Å². The molecular weight excluding hydrogens is 272 g/mol. The van der Waals surface area contributed by atoms with Gasteiger partial charge in [0.25, 0.3) is 0 Å². The fourth-order valence-corrected chi connectivity index (χ4v) is 2.86. The zero-order chi connectivity index (χ0) is 15.9. The van der Waals surface area contributed by atoms with Gasteiger partial charge in [0.15, 0.2) is 0 Å². The Hall–Kier alpha value is -1.00. The molecule has 0 aliphatic heterocycles. The Labute approximate surface area is 126 Å². The van der Waals surface area contributed by atoms with E-state index < -0.39 is 5.82 Å². The molecule has 1 unspecified atom stereocenters. The molecular formula is C17H27F2NO.